The van der Waals surface area contributed by atoms with Gasteiger partial charge < -0.3 is 14.6 Å². The third kappa shape index (κ3) is 6.21. The molecule has 1 fully saturated rings. The smallest absolute Gasteiger partial charge is 0.314 e. The van der Waals surface area contributed by atoms with Crippen LogP contribution in [0.3, 0.4) is 0 Å². The molecule has 0 radical (unpaired) electrons. The third-order valence-corrected chi connectivity index (χ3v) is 4.87. The van der Waals surface area contributed by atoms with Crippen LogP contribution in [0.4, 0.5) is 0 Å². The van der Waals surface area contributed by atoms with Gasteiger partial charge in [-0.1, -0.05) is 36.0 Å². The molecule has 2 aliphatic rings. The average molecular weight is 374 g/mol. The van der Waals surface area contributed by atoms with E-state index in [-0.39, 0.29) is 24.5 Å². The molecule has 1 heterocycles. The highest BCUT2D eigenvalue weighted by atomic mass is 16.5. The van der Waals surface area contributed by atoms with E-state index in [1.807, 2.05) is 25.2 Å². The van der Waals surface area contributed by atoms with Gasteiger partial charge in [0.1, 0.15) is 12.7 Å². The maximum absolute atomic E-state index is 12.5. The molecular weight excluding hydrogens is 344 g/mol. The lowest BCUT2D eigenvalue weighted by Crippen LogP contribution is -2.36. The quantitative estimate of drug-likeness (QED) is 0.603. The van der Waals surface area contributed by atoms with Crippen LogP contribution >= 0.6 is 0 Å². The number of ether oxygens (including phenoxy) is 2. The normalized spacial score (nSPS) is 30.6. The summed E-state index contributed by atoms with van der Waals surface area (Å²) in [5.41, 5.74) is 1.96. The summed E-state index contributed by atoms with van der Waals surface area (Å²) in [5, 5.41) is 9.85. The number of carbonyl (C=O) groups is 2. The highest BCUT2D eigenvalue weighted by Gasteiger charge is 2.39. The molecule has 0 saturated carbocycles. The summed E-state index contributed by atoms with van der Waals surface area (Å²) >= 11 is 0. The van der Waals surface area contributed by atoms with Crippen LogP contribution in [0.25, 0.3) is 0 Å². The Labute approximate surface area is 161 Å². The predicted octanol–water partition coefficient (Wildman–Crippen LogP) is 3.65. The SMILES string of the molecule is C=C1CC(OC(C)=O)/C=C(\C)CCC2/C(=C\C=C\C(C)(C)O)COC(=O)C12. The first-order valence-electron chi connectivity index (χ1n) is 9.36. The molecule has 0 aromatic heterocycles. The van der Waals surface area contributed by atoms with E-state index >= 15 is 0 Å². The van der Waals surface area contributed by atoms with Gasteiger partial charge in [0.25, 0.3) is 0 Å². The van der Waals surface area contributed by atoms with Gasteiger partial charge >= 0.3 is 11.9 Å². The number of hydrogen-bond acceptors (Lipinski definition) is 5. The van der Waals surface area contributed by atoms with Gasteiger partial charge in [-0.05, 0) is 45.3 Å². The lowest BCUT2D eigenvalue weighted by Gasteiger charge is -2.34. The van der Waals surface area contributed by atoms with Crippen molar-refractivity contribution in [3.05, 3.63) is 47.6 Å². The van der Waals surface area contributed by atoms with Crippen molar-refractivity contribution < 1.29 is 24.2 Å². The van der Waals surface area contributed by atoms with Crippen molar-refractivity contribution in [2.45, 2.75) is 58.7 Å². The number of allylic oxidation sites excluding steroid dienone is 3. The van der Waals surface area contributed by atoms with Gasteiger partial charge in [0.2, 0.25) is 0 Å². The molecule has 3 atom stereocenters. The minimum absolute atomic E-state index is 0.00960. The zero-order chi connectivity index (χ0) is 20.2. The van der Waals surface area contributed by atoms with Gasteiger partial charge in [-0.15, -0.1) is 0 Å². The molecule has 1 aliphatic heterocycles. The molecule has 27 heavy (non-hydrogen) atoms. The zero-order valence-electron chi connectivity index (χ0n) is 16.7. The second-order valence-electron chi connectivity index (χ2n) is 8.01. The number of cyclic esters (lactones) is 1. The van der Waals surface area contributed by atoms with E-state index in [1.165, 1.54) is 6.92 Å². The Morgan fingerprint density at radius 2 is 2.15 bits per heavy atom. The first-order valence-corrected chi connectivity index (χ1v) is 9.36. The summed E-state index contributed by atoms with van der Waals surface area (Å²) in [6, 6.07) is 0. The van der Waals surface area contributed by atoms with E-state index in [0.29, 0.717) is 6.42 Å². The number of hydrogen-bond donors (Lipinski definition) is 1. The molecule has 1 saturated heterocycles. The van der Waals surface area contributed by atoms with Crippen LogP contribution in [-0.4, -0.2) is 35.4 Å². The Hall–Kier alpha value is -2.14. The fourth-order valence-corrected chi connectivity index (χ4v) is 3.63. The van der Waals surface area contributed by atoms with Crippen LogP contribution in [0.15, 0.2) is 47.6 Å². The first-order chi connectivity index (χ1) is 12.6. The minimum Gasteiger partial charge on any atom is -0.461 e. The summed E-state index contributed by atoms with van der Waals surface area (Å²) in [6.07, 6.45) is 8.97. The fraction of sp³-hybridized carbons (Fsp3) is 0.545. The summed E-state index contributed by atoms with van der Waals surface area (Å²) < 4.78 is 10.8. The maximum atomic E-state index is 12.5. The highest BCUT2D eigenvalue weighted by molar-refractivity contribution is 5.78. The Morgan fingerprint density at radius 1 is 1.44 bits per heavy atom. The summed E-state index contributed by atoms with van der Waals surface area (Å²) in [6.45, 7) is 11.2. The van der Waals surface area contributed by atoms with Crippen molar-refractivity contribution >= 4 is 11.9 Å². The molecule has 2 rings (SSSR count). The highest BCUT2D eigenvalue weighted by Crippen LogP contribution is 2.39. The topological polar surface area (TPSA) is 72.8 Å². The van der Waals surface area contributed by atoms with Crippen molar-refractivity contribution in [1.29, 1.82) is 0 Å². The van der Waals surface area contributed by atoms with E-state index in [2.05, 4.69) is 6.58 Å². The van der Waals surface area contributed by atoms with Gasteiger partial charge in [0.05, 0.1) is 11.5 Å². The standard InChI is InChI=1S/C22H30O5/c1-14-8-9-19-17(7-6-10-22(4,5)25)13-26-21(24)20(19)15(2)12-18(11-14)27-16(3)23/h6-7,10-11,18-20,25H,2,8-9,12-13H2,1,3-5H3/b10-6+,14-11+,17-7-. The van der Waals surface area contributed by atoms with Crippen molar-refractivity contribution in [1.82, 2.24) is 0 Å². The zero-order valence-corrected chi connectivity index (χ0v) is 16.7. The van der Waals surface area contributed by atoms with Crippen molar-refractivity contribution in [2.24, 2.45) is 11.8 Å². The molecule has 148 valence electrons. The molecular formula is C22H30O5. The van der Waals surface area contributed by atoms with Gasteiger partial charge in [-0.2, -0.15) is 0 Å². The fourth-order valence-electron chi connectivity index (χ4n) is 3.63. The maximum Gasteiger partial charge on any atom is 0.314 e. The molecule has 1 aliphatic carbocycles. The predicted molar refractivity (Wildman–Crippen MR) is 104 cm³/mol. The molecule has 0 aromatic carbocycles. The first kappa shape index (κ1) is 21.2. The Morgan fingerprint density at radius 3 is 2.78 bits per heavy atom. The largest absolute Gasteiger partial charge is 0.461 e. The Balaban J connectivity index is 2.31. The average Bonchev–Trinajstić information content (AvgIpc) is 2.57. The summed E-state index contributed by atoms with van der Waals surface area (Å²) in [7, 11) is 0. The molecule has 5 nitrogen and oxygen atoms in total. The molecule has 3 unspecified atom stereocenters. The minimum atomic E-state index is -0.902. The van der Waals surface area contributed by atoms with Gasteiger partial charge in [-0.3, -0.25) is 9.59 Å². The molecule has 5 heteroatoms. The van der Waals surface area contributed by atoms with E-state index in [1.54, 1.807) is 19.9 Å². The van der Waals surface area contributed by atoms with Crippen LogP contribution in [0.2, 0.25) is 0 Å². The van der Waals surface area contributed by atoms with Gasteiger partial charge in [0.15, 0.2) is 0 Å². The van der Waals surface area contributed by atoms with Crippen LogP contribution in [0.5, 0.6) is 0 Å². The van der Waals surface area contributed by atoms with Crippen LogP contribution in [-0.2, 0) is 19.1 Å². The number of carbonyl (C=O) groups excluding carboxylic acids is 2. The molecule has 0 bridgehead atoms. The van der Waals surface area contributed by atoms with Crippen molar-refractivity contribution in [3.63, 3.8) is 0 Å². The monoisotopic (exact) mass is 374 g/mol. The van der Waals surface area contributed by atoms with Crippen LogP contribution < -0.4 is 0 Å². The molecule has 0 spiro atoms. The van der Waals surface area contributed by atoms with Crippen LogP contribution in [0.1, 0.15) is 47.0 Å². The molecule has 0 aromatic rings. The third-order valence-electron chi connectivity index (χ3n) is 4.87. The summed E-state index contributed by atoms with van der Waals surface area (Å²) in [4.78, 5) is 23.9. The van der Waals surface area contributed by atoms with Gasteiger partial charge in [0, 0.05) is 19.3 Å². The lowest BCUT2D eigenvalue weighted by molar-refractivity contribution is -0.151. The Kier molecular flexibility index (Phi) is 6.82. The number of fused-ring (bicyclic) bond motifs is 1. The number of rotatable bonds is 3. The molecule has 0 amide bonds. The van der Waals surface area contributed by atoms with Crippen molar-refractivity contribution in [2.75, 3.05) is 6.61 Å². The second-order valence-corrected chi connectivity index (χ2v) is 8.01. The van der Waals surface area contributed by atoms with Crippen molar-refractivity contribution in [3.8, 4) is 0 Å². The Bertz CT molecular complexity index is 690. The van der Waals surface area contributed by atoms with E-state index in [4.69, 9.17) is 9.47 Å². The number of aliphatic hydroxyl groups is 1. The summed E-state index contributed by atoms with van der Waals surface area (Å²) in [5.74, 6) is -1.08. The van der Waals surface area contributed by atoms with E-state index in [0.717, 1.165) is 29.6 Å². The van der Waals surface area contributed by atoms with E-state index in [9.17, 15) is 14.7 Å². The van der Waals surface area contributed by atoms with E-state index < -0.39 is 17.6 Å². The number of esters is 2. The lowest BCUT2D eigenvalue weighted by atomic mass is 9.76. The second kappa shape index (κ2) is 8.70. The molecule has 1 N–H and O–H groups in total. The van der Waals surface area contributed by atoms with Crippen LogP contribution in [0, 0.1) is 11.8 Å². The van der Waals surface area contributed by atoms with Gasteiger partial charge in [-0.25, -0.2) is 0 Å².